The number of aromatic nitrogens is 1. The average Bonchev–Trinajstić information content (AvgIpc) is 3.91. The van der Waals surface area contributed by atoms with E-state index in [2.05, 4.69) is 43.1 Å². The summed E-state index contributed by atoms with van der Waals surface area (Å²) in [6.45, 7) is 11.6. The number of anilines is 1. The second-order valence-corrected chi connectivity index (χ2v) is 18.8. The smallest absolute Gasteiger partial charge is 0.408 e. The highest BCUT2D eigenvalue weighted by Crippen LogP contribution is 2.31. The normalized spacial score (nSPS) is 14.9. The van der Waals surface area contributed by atoms with Crippen molar-refractivity contribution in [3.8, 4) is 0 Å². The third-order valence-electron chi connectivity index (χ3n) is 9.64. The van der Waals surface area contributed by atoms with Crippen molar-refractivity contribution in [2.24, 2.45) is 4.99 Å². The summed E-state index contributed by atoms with van der Waals surface area (Å²) < 4.78 is 11.5. The van der Waals surface area contributed by atoms with Crippen molar-refractivity contribution in [3.05, 3.63) is 71.3 Å². The second kappa shape index (κ2) is 25.0. The van der Waals surface area contributed by atoms with Gasteiger partial charge in [-0.2, -0.15) is 0 Å². The minimum Gasteiger partial charge on any atom is -0.480 e. The SMILES string of the molecule is C=C(CCCNC(C)=O)[C@H](NC(=O)[C@H](CCCCN(C)C)NC(=O)[C@H](CCC(=O)OC(C)(C)C)NC(=O)OCc1ccccc1)C(=O)Nc1ccc2nc(C3=N[C@@H](C(=O)O)CS3)sc2c1. The number of ether oxygens (including phenoxy) is 2. The maximum absolute atomic E-state index is 14.3. The molecule has 0 spiro atoms. The average molecular weight is 937 g/mol. The number of amides is 5. The molecule has 18 nitrogen and oxygen atoms in total. The van der Waals surface area contributed by atoms with Crippen LogP contribution in [0.2, 0.25) is 0 Å². The highest BCUT2D eigenvalue weighted by Gasteiger charge is 2.32. The number of aliphatic carboxylic acids is 1. The van der Waals surface area contributed by atoms with Gasteiger partial charge in [0.2, 0.25) is 17.7 Å². The molecule has 0 saturated carbocycles. The molecule has 3 aromatic rings. The van der Waals surface area contributed by atoms with Crippen LogP contribution in [0.3, 0.4) is 0 Å². The quantitative estimate of drug-likeness (QED) is 0.0403. The number of carboxylic acids is 1. The molecule has 1 aliphatic heterocycles. The van der Waals surface area contributed by atoms with Crippen LogP contribution >= 0.6 is 23.1 Å². The first kappa shape index (κ1) is 51.8. The summed E-state index contributed by atoms with van der Waals surface area (Å²) in [5.41, 5.74) is 1.27. The van der Waals surface area contributed by atoms with Crippen LogP contribution in [-0.2, 0) is 44.8 Å². The van der Waals surface area contributed by atoms with Gasteiger partial charge >= 0.3 is 18.0 Å². The van der Waals surface area contributed by atoms with E-state index in [4.69, 9.17) is 9.47 Å². The Kier molecular flexibility index (Phi) is 19.9. The van der Waals surface area contributed by atoms with E-state index in [1.54, 1.807) is 63.2 Å². The number of hydrogen-bond donors (Lipinski definition) is 6. The number of nitrogens with one attached hydrogen (secondary N) is 5. The van der Waals surface area contributed by atoms with Crippen molar-refractivity contribution in [1.82, 2.24) is 31.2 Å². The van der Waals surface area contributed by atoms with E-state index in [9.17, 15) is 38.7 Å². The van der Waals surface area contributed by atoms with Crippen LogP contribution in [0.1, 0.15) is 83.2 Å². The topological polar surface area (TPSA) is 247 Å². The Balaban J connectivity index is 1.56. The van der Waals surface area contributed by atoms with Crippen LogP contribution in [0.15, 0.2) is 65.7 Å². The number of thioether (sulfide) groups is 1. The number of carbonyl (C=O) groups excluding carboxylic acids is 6. The molecule has 0 aliphatic carbocycles. The predicted octanol–water partition coefficient (Wildman–Crippen LogP) is 4.77. The van der Waals surface area contributed by atoms with Gasteiger partial charge in [0, 0.05) is 31.3 Å². The van der Waals surface area contributed by atoms with Crippen molar-refractivity contribution in [2.45, 2.75) is 109 Å². The van der Waals surface area contributed by atoms with Gasteiger partial charge in [-0.15, -0.1) is 23.1 Å². The maximum Gasteiger partial charge on any atom is 0.408 e. The summed E-state index contributed by atoms with van der Waals surface area (Å²) in [6.07, 6.45) is 0.667. The summed E-state index contributed by atoms with van der Waals surface area (Å²) in [5.74, 6) is -3.60. The molecule has 20 heteroatoms. The van der Waals surface area contributed by atoms with Gasteiger partial charge in [-0.25, -0.2) is 14.6 Å². The molecular weight excluding hydrogens is 877 g/mol. The number of rotatable bonds is 24. The zero-order valence-electron chi connectivity index (χ0n) is 37.7. The minimum absolute atomic E-state index is 0.0782. The summed E-state index contributed by atoms with van der Waals surface area (Å²) in [7, 11) is 3.83. The summed E-state index contributed by atoms with van der Waals surface area (Å²) in [5, 5.41) is 24.1. The fourth-order valence-corrected chi connectivity index (χ4v) is 8.50. The molecule has 0 unspecified atom stereocenters. The molecule has 4 rings (SSSR count). The zero-order valence-corrected chi connectivity index (χ0v) is 39.3. The zero-order chi connectivity index (χ0) is 47.7. The van der Waals surface area contributed by atoms with Crippen molar-refractivity contribution in [1.29, 1.82) is 0 Å². The predicted molar refractivity (Wildman–Crippen MR) is 251 cm³/mol. The first-order valence-corrected chi connectivity index (χ1v) is 23.1. The summed E-state index contributed by atoms with van der Waals surface area (Å²) >= 11 is 2.60. The molecule has 4 atom stereocenters. The Bertz CT molecular complexity index is 2210. The number of thiazole rings is 1. The number of unbranched alkanes of at least 4 members (excludes halogenated alkanes) is 1. The van der Waals surface area contributed by atoms with Crippen LogP contribution in [0.4, 0.5) is 10.5 Å². The minimum atomic E-state index is -1.31. The summed E-state index contributed by atoms with van der Waals surface area (Å²) in [6, 6.07) is 9.36. The van der Waals surface area contributed by atoms with Crippen molar-refractivity contribution < 1.29 is 48.1 Å². The number of esters is 1. The monoisotopic (exact) mass is 936 g/mol. The fourth-order valence-electron chi connectivity index (χ4n) is 6.39. The highest BCUT2D eigenvalue weighted by atomic mass is 32.2. The number of alkyl carbamates (subject to hydrolysis) is 1. The number of nitrogens with zero attached hydrogens (tertiary/aromatic N) is 3. The summed E-state index contributed by atoms with van der Waals surface area (Å²) in [4.78, 5) is 102. The Hall–Kier alpha value is -5.86. The van der Waals surface area contributed by atoms with Gasteiger partial charge in [-0.1, -0.05) is 36.9 Å². The molecule has 0 bridgehead atoms. The molecule has 1 aromatic heterocycles. The van der Waals surface area contributed by atoms with Gasteiger partial charge < -0.3 is 46.1 Å². The van der Waals surface area contributed by atoms with Crippen LogP contribution in [0.5, 0.6) is 0 Å². The number of aliphatic imine (C=N–C) groups is 1. The Morgan fingerprint density at radius 3 is 2.28 bits per heavy atom. The molecule has 65 heavy (non-hydrogen) atoms. The van der Waals surface area contributed by atoms with Crippen LogP contribution in [-0.4, -0.2) is 124 Å². The first-order valence-electron chi connectivity index (χ1n) is 21.3. The number of benzene rings is 2. The van der Waals surface area contributed by atoms with Crippen LogP contribution in [0, 0.1) is 0 Å². The third kappa shape index (κ3) is 17.9. The molecular formula is C45H60N8O10S2. The molecule has 0 fully saturated rings. The van der Waals surface area contributed by atoms with Crippen LogP contribution < -0.4 is 26.6 Å². The highest BCUT2D eigenvalue weighted by molar-refractivity contribution is 8.15. The molecule has 1 aliphatic rings. The van der Waals surface area contributed by atoms with Gasteiger partial charge in [-0.05, 0) is 109 Å². The lowest BCUT2D eigenvalue weighted by molar-refractivity contribution is -0.155. The number of carbonyl (C=O) groups is 7. The molecule has 0 saturated heterocycles. The van der Waals surface area contributed by atoms with Crippen molar-refractivity contribution in [2.75, 3.05) is 38.3 Å². The number of fused-ring (bicyclic) bond motifs is 1. The van der Waals surface area contributed by atoms with Gasteiger partial charge in [0.25, 0.3) is 5.91 Å². The van der Waals surface area contributed by atoms with E-state index in [-0.39, 0.29) is 38.2 Å². The van der Waals surface area contributed by atoms with E-state index in [1.165, 1.54) is 30.0 Å². The van der Waals surface area contributed by atoms with Gasteiger partial charge in [0.05, 0.1) is 10.2 Å². The lowest BCUT2D eigenvalue weighted by atomic mass is 10.0. The Morgan fingerprint density at radius 2 is 1.62 bits per heavy atom. The standard InChI is InChI=1S/C45H60N8O10S2/c1-27(14-13-22-46-28(2)54)37(40(58)47-30-18-19-31-35(24-30)65-42(49-31)41-50-34(26-64-41)43(59)60)52-39(57)32(17-11-12-23-53(6)7)48-38(56)33(20-21-36(55)63-45(3,4)5)51-44(61)62-25-29-15-9-8-10-16-29/h8-10,15-16,18-19,24,32-34,37H,1,11-14,17,20-23,25-26H2,2-7H3,(H,46,54)(H,47,58)(H,48,56)(H,51,61)(H,52,57)(H,59,60)/t32-,33-,34+,37-/m0/s1. The Morgan fingerprint density at radius 1 is 0.908 bits per heavy atom. The van der Waals surface area contributed by atoms with Crippen LogP contribution in [0.25, 0.3) is 10.2 Å². The lowest BCUT2D eigenvalue weighted by Gasteiger charge is -2.26. The van der Waals surface area contributed by atoms with Gasteiger partial charge in [0.1, 0.15) is 40.4 Å². The van der Waals surface area contributed by atoms with Crippen molar-refractivity contribution >= 4 is 85.7 Å². The van der Waals surface area contributed by atoms with Gasteiger partial charge in [-0.3, -0.25) is 29.0 Å². The van der Waals surface area contributed by atoms with E-state index in [0.717, 1.165) is 0 Å². The molecule has 6 N–H and O–H groups in total. The Labute approximate surface area is 387 Å². The maximum atomic E-state index is 14.3. The molecule has 2 aromatic carbocycles. The largest absolute Gasteiger partial charge is 0.480 e. The van der Waals surface area contributed by atoms with E-state index < -0.39 is 65.5 Å². The third-order valence-corrected chi connectivity index (χ3v) is 11.8. The molecule has 352 valence electrons. The molecule has 0 radical (unpaired) electrons. The second-order valence-electron chi connectivity index (χ2n) is 16.7. The van der Waals surface area contributed by atoms with Crippen molar-refractivity contribution in [3.63, 3.8) is 0 Å². The number of carboxylic acid groups (broad SMARTS) is 1. The molecule has 5 amide bonds. The molecule has 2 heterocycles. The van der Waals surface area contributed by atoms with E-state index in [1.807, 2.05) is 25.1 Å². The first-order chi connectivity index (χ1) is 30.8. The van der Waals surface area contributed by atoms with E-state index in [0.29, 0.717) is 75.2 Å². The lowest BCUT2D eigenvalue weighted by Crippen LogP contribution is -2.56. The number of hydrogen-bond acceptors (Lipinski definition) is 14. The van der Waals surface area contributed by atoms with E-state index >= 15 is 0 Å². The van der Waals surface area contributed by atoms with Gasteiger partial charge in [0.15, 0.2) is 6.04 Å². The fraction of sp³-hybridized carbons (Fsp3) is 0.489.